The van der Waals surface area contributed by atoms with Crippen molar-refractivity contribution >= 4 is 5.91 Å². The number of hydrogen-bond acceptors (Lipinski definition) is 7. The normalized spacial score (nSPS) is 16.3. The summed E-state index contributed by atoms with van der Waals surface area (Å²) in [4.78, 5) is 19.3. The third-order valence-electron chi connectivity index (χ3n) is 6.33. The van der Waals surface area contributed by atoms with Crippen molar-refractivity contribution < 1.29 is 23.4 Å². The van der Waals surface area contributed by atoms with E-state index in [9.17, 15) is 4.79 Å². The van der Waals surface area contributed by atoms with Crippen LogP contribution < -0.4 is 14.8 Å². The third-order valence-corrected chi connectivity index (χ3v) is 6.33. The topological polar surface area (TPSA) is 86.1 Å². The Kier molecular flexibility index (Phi) is 8.39. The number of carbonyl (C=O) groups is 1. The van der Waals surface area contributed by atoms with Gasteiger partial charge in [-0.3, -0.25) is 9.69 Å². The zero-order chi connectivity index (χ0) is 24.6. The molecule has 35 heavy (non-hydrogen) atoms. The minimum atomic E-state index is -0.255. The molecule has 0 unspecified atom stereocenters. The number of hydrogen-bond donors (Lipinski definition) is 1. The van der Waals surface area contributed by atoms with Gasteiger partial charge in [-0.1, -0.05) is 36.4 Å². The van der Waals surface area contributed by atoms with E-state index in [0.29, 0.717) is 25.5 Å². The van der Waals surface area contributed by atoms with Gasteiger partial charge in [0.25, 0.3) is 5.91 Å². The molecule has 2 aromatic carbocycles. The quantitative estimate of drug-likeness (QED) is 0.437. The lowest BCUT2D eigenvalue weighted by molar-refractivity contribution is 0.0853. The molecule has 186 valence electrons. The van der Waals surface area contributed by atoms with E-state index in [0.717, 1.165) is 36.5 Å². The smallest absolute Gasteiger partial charge is 0.273 e. The SMILES string of the molecule is COc1ccc(CN(Cc2nc(C(=O)NC[C@@H]3CCCO3)co2)[C@H](C)c2ccccc2)c(OC)c1. The summed E-state index contributed by atoms with van der Waals surface area (Å²) in [6, 6.07) is 16.1. The number of nitrogens with one attached hydrogen (secondary N) is 1. The second-order valence-electron chi connectivity index (χ2n) is 8.64. The van der Waals surface area contributed by atoms with E-state index in [1.165, 1.54) is 11.8 Å². The molecule has 1 amide bonds. The van der Waals surface area contributed by atoms with Gasteiger partial charge in [-0.05, 0) is 31.4 Å². The molecule has 1 N–H and O–H groups in total. The van der Waals surface area contributed by atoms with Gasteiger partial charge in [0.2, 0.25) is 5.89 Å². The molecule has 0 bridgehead atoms. The van der Waals surface area contributed by atoms with Crippen LogP contribution in [0.15, 0.2) is 59.2 Å². The van der Waals surface area contributed by atoms with Gasteiger partial charge in [0.05, 0.1) is 26.9 Å². The summed E-state index contributed by atoms with van der Waals surface area (Å²) in [5.41, 5.74) is 2.45. The van der Waals surface area contributed by atoms with Gasteiger partial charge < -0.3 is 23.9 Å². The number of rotatable bonds is 11. The fraction of sp³-hybridized carbons (Fsp3) is 0.407. The van der Waals surface area contributed by atoms with Gasteiger partial charge >= 0.3 is 0 Å². The molecule has 1 aliphatic rings. The molecular formula is C27H33N3O5. The Morgan fingerprint density at radius 2 is 2.00 bits per heavy atom. The second-order valence-corrected chi connectivity index (χ2v) is 8.64. The van der Waals surface area contributed by atoms with E-state index in [-0.39, 0.29) is 23.7 Å². The van der Waals surface area contributed by atoms with Crippen LogP contribution in [0.2, 0.25) is 0 Å². The first-order valence-electron chi connectivity index (χ1n) is 11.9. The molecule has 8 heteroatoms. The third kappa shape index (κ3) is 6.41. The average molecular weight is 480 g/mol. The molecule has 0 spiro atoms. The molecule has 8 nitrogen and oxygen atoms in total. The molecular weight excluding hydrogens is 446 g/mol. The van der Waals surface area contributed by atoms with Crippen LogP contribution >= 0.6 is 0 Å². The molecule has 0 saturated carbocycles. The van der Waals surface area contributed by atoms with Gasteiger partial charge in [-0.25, -0.2) is 4.98 Å². The Bertz CT molecular complexity index is 1100. The van der Waals surface area contributed by atoms with Gasteiger partial charge in [-0.2, -0.15) is 0 Å². The molecule has 2 atom stereocenters. The van der Waals surface area contributed by atoms with Crippen LogP contribution in [0.1, 0.15) is 53.3 Å². The summed E-state index contributed by atoms with van der Waals surface area (Å²) < 4.78 is 22.2. The summed E-state index contributed by atoms with van der Waals surface area (Å²) >= 11 is 0. The molecule has 0 aliphatic carbocycles. The van der Waals surface area contributed by atoms with Crippen molar-refractivity contribution in [3.63, 3.8) is 0 Å². The van der Waals surface area contributed by atoms with Crippen molar-refractivity contribution in [2.24, 2.45) is 0 Å². The van der Waals surface area contributed by atoms with E-state index in [2.05, 4.69) is 34.3 Å². The first-order valence-corrected chi connectivity index (χ1v) is 11.9. The predicted molar refractivity (Wildman–Crippen MR) is 131 cm³/mol. The largest absolute Gasteiger partial charge is 0.497 e. The number of methoxy groups -OCH3 is 2. The molecule has 1 aromatic heterocycles. The fourth-order valence-electron chi connectivity index (χ4n) is 4.24. The average Bonchev–Trinajstić information content (AvgIpc) is 3.59. The molecule has 4 rings (SSSR count). The lowest BCUT2D eigenvalue weighted by Gasteiger charge is -2.29. The highest BCUT2D eigenvalue weighted by Gasteiger charge is 2.23. The number of ether oxygens (including phenoxy) is 3. The zero-order valence-electron chi connectivity index (χ0n) is 20.5. The van der Waals surface area contributed by atoms with E-state index < -0.39 is 0 Å². The second kappa shape index (κ2) is 11.9. The summed E-state index contributed by atoms with van der Waals surface area (Å²) in [6.07, 6.45) is 3.49. The van der Waals surface area contributed by atoms with E-state index in [1.807, 2.05) is 36.4 Å². The maximum Gasteiger partial charge on any atom is 0.273 e. The van der Waals surface area contributed by atoms with Crippen LogP contribution in [0.25, 0.3) is 0 Å². The maximum absolute atomic E-state index is 12.6. The van der Waals surface area contributed by atoms with Crippen molar-refractivity contribution in [1.29, 1.82) is 0 Å². The lowest BCUT2D eigenvalue weighted by Crippen LogP contribution is -2.32. The van der Waals surface area contributed by atoms with Crippen molar-refractivity contribution in [2.45, 2.75) is 45.0 Å². The van der Waals surface area contributed by atoms with Crippen molar-refractivity contribution in [3.8, 4) is 11.5 Å². The van der Waals surface area contributed by atoms with Crippen LogP contribution in [-0.2, 0) is 17.8 Å². The van der Waals surface area contributed by atoms with E-state index >= 15 is 0 Å². The predicted octanol–water partition coefficient (Wildman–Crippen LogP) is 4.36. The molecule has 1 aliphatic heterocycles. The van der Waals surface area contributed by atoms with E-state index in [4.69, 9.17) is 18.6 Å². The minimum absolute atomic E-state index is 0.0618. The first-order chi connectivity index (χ1) is 17.1. The zero-order valence-corrected chi connectivity index (χ0v) is 20.5. The maximum atomic E-state index is 12.6. The first kappa shape index (κ1) is 24.8. The van der Waals surface area contributed by atoms with Crippen LogP contribution in [0.4, 0.5) is 0 Å². The Morgan fingerprint density at radius 1 is 1.17 bits per heavy atom. The number of amides is 1. The van der Waals surface area contributed by atoms with Crippen LogP contribution in [0, 0.1) is 0 Å². The minimum Gasteiger partial charge on any atom is -0.497 e. The van der Waals surface area contributed by atoms with Crippen molar-refractivity contribution in [1.82, 2.24) is 15.2 Å². The standard InChI is InChI=1S/C27H33N3O5/c1-19(20-8-5-4-6-9-20)30(16-21-11-12-22(32-2)14-25(21)33-3)17-26-29-24(18-35-26)27(31)28-15-23-10-7-13-34-23/h4-6,8-9,11-12,14,18-19,23H,7,10,13,15-17H2,1-3H3,(H,28,31)/t19-,23+/m1/s1. The summed E-state index contributed by atoms with van der Waals surface area (Å²) in [5, 5.41) is 2.89. The molecule has 3 aromatic rings. The van der Waals surface area contributed by atoms with Gasteiger partial charge in [0.15, 0.2) is 5.69 Å². The van der Waals surface area contributed by atoms with Crippen LogP contribution in [-0.4, -0.2) is 49.3 Å². The number of oxazole rings is 1. The Labute approximate surface area is 206 Å². The fourth-order valence-corrected chi connectivity index (χ4v) is 4.24. The van der Waals surface area contributed by atoms with Crippen molar-refractivity contribution in [3.05, 3.63) is 77.5 Å². The number of carbonyl (C=O) groups excluding carboxylic acids is 1. The Balaban J connectivity index is 1.50. The lowest BCUT2D eigenvalue weighted by atomic mass is 10.1. The molecule has 1 saturated heterocycles. The number of benzene rings is 2. The summed E-state index contributed by atoms with van der Waals surface area (Å²) in [7, 11) is 3.29. The van der Waals surface area contributed by atoms with Gasteiger partial charge in [0.1, 0.15) is 17.8 Å². The van der Waals surface area contributed by atoms with Gasteiger partial charge in [-0.15, -0.1) is 0 Å². The number of aromatic nitrogens is 1. The highest BCUT2D eigenvalue weighted by atomic mass is 16.5. The van der Waals surface area contributed by atoms with Gasteiger partial charge in [0, 0.05) is 37.4 Å². The number of nitrogens with zero attached hydrogens (tertiary/aromatic N) is 2. The highest BCUT2D eigenvalue weighted by molar-refractivity contribution is 5.91. The Morgan fingerprint density at radius 3 is 2.71 bits per heavy atom. The van der Waals surface area contributed by atoms with Crippen LogP contribution in [0.5, 0.6) is 11.5 Å². The van der Waals surface area contributed by atoms with Crippen molar-refractivity contribution in [2.75, 3.05) is 27.4 Å². The summed E-state index contributed by atoms with van der Waals surface area (Å²) in [5.74, 6) is 1.70. The molecule has 2 heterocycles. The molecule has 0 radical (unpaired) electrons. The monoisotopic (exact) mass is 479 g/mol. The van der Waals surface area contributed by atoms with Crippen LogP contribution in [0.3, 0.4) is 0 Å². The highest BCUT2D eigenvalue weighted by Crippen LogP contribution is 2.30. The Hall–Kier alpha value is -3.36. The summed E-state index contributed by atoms with van der Waals surface area (Å²) in [6.45, 7) is 4.39. The van der Waals surface area contributed by atoms with E-state index in [1.54, 1.807) is 14.2 Å². The molecule has 1 fully saturated rings.